The average Bonchev–Trinajstić information content (AvgIpc) is 2.78. The molecule has 2 aliphatic rings. The van der Waals surface area contributed by atoms with Gasteiger partial charge in [-0.25, -0.2) is 0 Å². The van der Waals surface area contributed by atoms with Crippen LogP contribution in [0.25, 0.3) is 0 Å². The highest BCUT2D eigenvalue weighted by Crippen LogP contribution is 2.33. The molecule has 3 rings (SSSR count). The number of para-hydroxylation sites is 1. The number of nitrogens with one attached hydrogen (secondary N) is 1. The lowest BCUT2D eigenvalue weighted by molar-refractivity contribution is 0.0115. The molecule has 1 atom stereocenters. The Bertz CT molecular complexity index is 444. The van der Waals surface area contributed by atoms with Gasteiger partial charge in [0.25, 0.3) is 0 Å². The molecule has 116 valence electrons. The SMILES string of the molecule is c1cc(CNCCC2CCCCO2)c2c(c1)OCCCO2. The summed E-state index contributed by atoms with van der Waals surface area (Å²) in [6, 6.07) is 6.13. The van der Waals surface area contributed by atoms with E-state index >= 15 is 0 Å². The zero-order valence-corrected chi connectivity index (χ0v) is 12.6. The second kappa shape index (κ2) is 7.66. The van der Waals surface area contributed by atoms with Crippen molar-refractivity contribution >= 4 is 0 Å². The first-order chi connectivity index (χ1) is 10.4. The first kappa shape index (κ1) is 14.7. The molecule has 0 radical (unpaired) electrons. The predicted molar refractivity (Wildman–Crippen MR) is 82.0 cm³/mol. The van der Waals surface area contributed by atoms with Crippen molar-refractivity contribution in [2.75, 3.05) is 26.4 Å². The summed E-state index contributed by atoms with van der Waals surface area (Å²) in [5.74, 6) is 1.79. The molecule has 1 N–H and O–H groups in total. The van der Waals surface area contributed by atoms with Crippen LogP contribution in [0.5, 0.6) is 11.5 Å². The fourth-order valence-electron chi connectivity index (χ4n) is 2.91. The fraction of sp³-hybridized carbons (Fsp3) is 0.647. The highest BCUT2D eigenvalue weighted by Gasteiger charge is 2.15. The summed E-state index contributed by atoms with van der Waals surface area (Å²) in [5.41, 5.74) is 1.18. The van der Waals surface area contributed by atoms with Gasteiger partial charge in [-0.15, -0.1) is 0 Å². The van der Waals surface area contributed by atoms with Crippen molar-refractivity contribution in [1.29, 1.82) is 0 Å². The Morgan fingerprint density at radius 2 is 2.00 bits per heavy atom. The average molecular weight is 291 g/mol. The van der Waals surface area contributed by atoms with Gasteiger partial charge < -0.3 is 19.5 Å². The number of benzene rings is 1. The first-order valence-electron chi connectivity index (χ1n) is 8.13. The van der Waals surface area contributed by atoms with Crippen LogP contribution in [0.4, 0.5) is 0 Å². The molecule has 0 aromatic heterocycles. The van der Waals surface area contributed by atoms with E-state index in [0.29, 0.717) is 6.10 Å². The summed E-state index contributed by atoms with van der Waals surface area (Å²) < 4.78 is 17.3. The molecular formula is C17H25NO3. The Hall–Kier alpha value is -1.26. The second-order valence-electron chi connectivity index (χ2n) is 5.75. The van der Waals surface area contributed by atoms with Crippen LogP contribution >= 0.6 is 0 Å². The minimum atomic E-state index is 0.443. The van der Waals surface area contributed by atoms with Crippen LogP contribution in [0.15, 0.2) is 18.2 Å². The third kappa shape index (κ3) is 4.11. The van der Waals surface area contributed by atoms with Gasteiger partial charge in [0.15, 0.2) is 11.5 Å². The second-order valence-corrected chi connectivity index (χ2v) is 5.75. The van der Waals surface area contributed by atoms with Crippen LogP contribution in [0, 0.1) is 0 Å². The molecule has 4 heteroatoms. The topological polar surface area (TPSA) is 39.7 Å². The largest absolute Gasteiger partial charge is 0.490 e. The van der Waals surface area contributed by atoms with E-state index in [1.165, 1.54) is 24.8 Å². The van der Waals surface area contributed by atoms with Gasteiger partial charge in [-0.3, -0.25) is 0 Å². The van der Waals surface area contributed by atoms with Crippen LogP contribution in [-0.4, -0.2) is 32.5 Å². The quantitative estimate of drug-likeness (QED) is 0.847. The predicted octanol–water partition coefficient (Wildman–Crippen LogP) is 2.90. The highest BCUT2D eigenvalue weighted by molar-refractivity contribution is 5.47. The third-order valence-corrected chi connectivity index (χ3v) is 4.09. The number of rotatable bonds is 5. The Balaban J connectivity index is 1.48. The Morgan fingerprint density at radius 1 is 1.05 bits per heavy atom. The maximum Gasteiger partial charge on any atom is 0.165 e. The van der Waals surface area contributed by atoms with E-state index < -0.39 is 0 Å². The molecule has 2 aliphatic heterocycles. The van der Waals surface area contributed by atoms with Crippen molar-refractivity contribution in [2.24, 2.45) is 0 Å². The molecule has 0 bridgehead atoms. The molecule has 1 unspecified atom stereocenters. The zero-order valence-electron chi connectivity index (χ0n) is 12.6. The summed E-state index contributed by atoms with van der Waals surface area (Å²) in [6.45, 7) is 4.21. The van der Waals surface area contributed by atoms with Gasteiger partial charge >= 0.3 is 0 Å². The molecule has 2 heterocycles. The molecule has 1 fully saturated rings. The molecule has 1 saturated heterocycles. The van der Waals surface area contributed by atoms with Crippen LogP contribution in [0.1, 0.15) is 37.7 Å². The lowest BCUT2D eigenvalue weighted by atomic mass is 10.1. The van der Waals surface area contributed by atoms with Crippen molar-refractivity contribution in [1.82, 2.24) is 5.32 Å². The van der Waals surface area contributed by atoms with Crippen molar-refractivity contribution in [3.05, 3.63) is 23.8 Å². The number of ether oxygens (including phenoxy) is 3. The fourth-order valence-corrected chi connectivity index (χ4v) is 2.91. The molecular weight excluding hydrogens is 266 g/mol. The maximum atomic E-state index is 5.84. The summed E-state index contributed by atoms with van der Waals surface area (Å²) in [7, 11) is 0. The standard InChI is InChI=1S/C17H25NO3/c1-2-10-19-15(6-1)8-9-18-13-14-5-3-7-16-17(14)21-12-4-11-20-16/h3,5,7,15,18H,1-2,4,6,8-13H2. The molecule has 4 nitrogen and oxygen atoms in total. The summed E-state index contributed by atoms with van der Waals surface area (Å²) in [4.78, 5) is 0. The van der Waals surface area contributed by atoms with Crippen LogP contribution in [0.3, 0.4) is 0 Å². The summed E-state index contributed by atoms with van der Waals surface area (Å²) >= 11 is 0. The van der Waals surface area contributed by atoms with Gasteiger partial charge in [0.2, 0.25) is 0 Å². The van der Waals surface area contributed by atoms with Crippen LogP contribution < -0.4 is 14.8 Å². The molecule has 0 spiro atoms. The summed E-state index contributed by atoms with van der Waals surface area (Å²) in [6.07, 6.45) is 6.21. The minimum absolute atomic E-state index is 0.443. The monoisotopic (exact) mass is 291 g/mol. The lowest BCUT2D eigenvalue weighted by Gasteiger charge is -2.22. The number of hydrogen-bond donors (Lipinski definition) is 1. The van der Waals surface area contributed by atoms with Crippen molar-refractivity contribution in [2.45, 2.75) is 44.8 Å². The van der Waals surface area contributed by atoms with Crippen molar-refractivity contribution in [3.63, 3.8) is 0 Å². The van der Waals surface area contributed by atoms with Crippen LogP contribution in [-0.2, 0) is 11.3 Å². The number of fused-ring (bicyclic) bond motifs is 1. The van der Waals surface area contributed by atoms with Gasteiger partial charge in [0.05, 0.1) is 19.3 Å². The van der Waals surface area contributed by atoms with Crippen molar-refractivity contribution < 1.29 is 14.2 Å². The van der Waals surface area contributed by atoms with E-state index in [2.05, 4.69) is 11.4 Å². The number of hydrogen-bond acceptors (Lipinski definition) is 4. The van der Waals surface area contributed by atoms with E-state index in [-0.39, 0.29) is 0 Å². The Labute approximate surface area is 126 Å². The van der Waals surface area contributed by atoms with E-state index in [1.807, 2.05) is 12.1 Å². The zero-order chi connectivity index (χ0) is 14.3. The molecule has 1 aromatic rings. The highest BCUT2D eigenvalue weighted by atomic mass is 16.5. The molecule has 1 aromatic carbocycles. The van der Waals surface area contributed by atoms with Crippen LogP contribution in [0.2, 0.25) is 0 Å². The first-order valence-corrected chi connectivity index (χ1v) is 8.13. The van der Waals surface area contributed by atoms with E-state index in [0.717, 1.165) is 57.3 Å². The van der Waals surface area contributed by atoms with E-state index in [1.54, 1.807) is 0 Å². The third-order valence-electron chi connectivity index (χ3n) is 4.09. The maximum absolute atomic E-state index is 5.84. The normalized spacial score (nSPS) is 21.8. The van der Waals surface area contributed by atoms with E-state index in [4.69, 9.17) is 14.2 Å². The van der Waals surface area contributed by atoms with Gasteiger partial charge in [-0.2, -0.15) is 0 Å². The summed E-state index contributed by atoms with van der Waals surface area (Å²) in [5, 5.41) is 3.50. The molecule has 0 amide bonds. The van der Waals surface area contributed by atoms with Gasteiger partial charge in [-0.05, 0) is 38.3 Å². The van der Waals surface area contributed by atoms with Crippen molar-refractivity contribution in [3.8, 4) is 11.5 Å². The Morgan fingerprint density at radius 3 is 2.90 bits per heavy atom. The van der Waals surface area contributed by atoms with Gasteiger partial charge in [0, 0.05) is 25.1 Å². The minimum Gasteiger partial charge on any atom is -0.490 e. The Kier molecular flexibility index (Phi) is 5.35. The van der Waals surface area contributed by atoms with Gasteiger partial charge in [-0.1, -0.05) is 12.1 Å². The molecule has 21 heavy (non-hydrogen) atoms. The molecule has 0 saturated carbocycles. The van der Waals surface area contributed by atoms with E-state index in [9.17, 15) is 0 Å². The lowest BCUT2D eigenvalue weighted by Crippen LogP contribution is -2.25. The van der Waals surface area contributed by atoms with Gasteiger partial charge in [0.1, 0.15) is 0 Å². The smallest absolute Gasteiger partial charge is 0.165 e. The molecule has 0 aliphatic carbocycles.